The molecule has 0 spiro atoms. The molecule has 10 heteroatoms. The zero-order valence-electron chi connectivity index (χ0n) is 12.9. The molecule has 0 saturated carbocycles. The Morgan fingerprint density at radius 1 is 1.12 bits per heavy atom. The quantitative estimate of drug-likeness (QED) is 0.483. The van der Waals surface area contributed by atoms with Crippen molar-refractivity contribution in [1.29, 1.82) is 0 Å². The van der Waals surface area contributed by atoms with Crippen LogP contribution >= 0.6 is 0 Å². The number of hydrogen-bond acceptors (Lipinski definition) is 5. The van der Waals surface area contributed by atoms with Crippen molar-refractivity contribution < 1.29 is 26.3 Å². The van der Waals surface area contributed by atoms with E-state index in [4.69, 9.17) is 5.73 Å². The number of nitrogens with one attached hydrogen (secondary N) is 1. The molecule has 0 fully saturated rings. The van der Waals surface area contributed by atoms with E-state index in [9.17, 15) is 22.0 Å². The fourth-order valence-electron chi connectivity index (χ4n) is 1.88. The van der Waals surface area contributed by atoms with Gasteiger partial charge in [-0.2, -0.15) is 8.42 Å². The Bertz CT molecular complexity index is 925. The van der Waals surface area contributed by atoms with Crippen LogP contribution in [-0.4, -0.2) is 26.5 Å². The van der Waals surface area contributed by atoms with Gasteiger partial charge in [-0.05, 0) is 40.5 Å². The molecule has 3 N–H and O–H groups in total. The minimum atomic E-state index is -3.86. The normalized spacial score (nSPS) is 11.9. The summed E-state index contributed by atoms with van der Waals surface area (Å²) in [5.41, 5.74) is 6.09. The topological polar surface area (TPSA) is 111 Å². The smallest absolute Gasteiger partial charge is 0.325 e. The van der Waals surface area contributed by atoms with E-state index < -0.39 is 33.6 Å². The van der Waals surface area contributed by atoms with Gasteiger partial charge < -0.3 is 5.73 Å². The monoisotopic (exact) mass is 369 g/mol. The second kappa shape index (κ2) is 7.26. The van der Waals surface area contributed by atoms with Crippen molar-refractivity contribution in [3.05, 3.63) is 59.7 Å². The third-order valence-electron chi connectivity index (χ3n) is 2.83. The molecule has 2 rings (SSSR count). The fourth-order valence-corrected chi connectivity index (χ4v) is 2.10. The lowest BCUT2D eigenvalue weighted by molar-refractivity contribution is 0.0975. The highest BCUT2D eigenvalue weighted by atomic mass is 32.2. The number of rotatable bonds is 4. The van der Waals surface area contributed by atoms with Gasteiger partial charge in [0.05, 0.1) is 6.26 Å². The summed E-state index contributed by atoms with van der Waals surface area (Å²) in [6.07, 6.45) is 0.757. The van der Waals surface area contributed by atoms with Crippen LogP contribution in [0.1, 0.15) is 10.4 Å². The van der Waals surface area contributed by atoms with Crippen LogP contribution in [0.4, 0.5) is 8.78 Å². The molecule has 0 unspecified atom stereocenters. The van der Waals surface area contributed by atoms with Gasteiger partial charge in [-0.3, -0.25) is 14.4 Å². The molecule has 0 aromatic heterocycles. The Balaban J connectivity index is 2.22. The van der Waals surface area contributed by atoms with E-state index in [1.54, 1.807) is 6.07 Å². The van der Waals surface area contributed by atoms with Gasteiger partial charge >= 0.3 is 10.1 Å². The number of oxime groups is 1. The first-order chi connectivity index (χ1) is 11.6. The Morgan fingerprint density at radius 3 is 2.36 bits per heavy atom. The van der Waals surface area contributed by atoms with Crippen LogP contribution < -0.4 is 11.1 Å². The van der Waals surface area contributed by atoms with Gasteiger partial charge in [0.15, 0.2) is 0 Å². The van der Waals surface area contributed by atoms with Gasteiger partial charge in [0, 0.05) is 11.6 Å². The second-order valence-electron chi connectivity index (χ2n) is 4.95. The number of amides is 1. The number of nitrogens with two attached hydrogens (primary N) is 1. The first-order valence-electron chi connectivity index (χ1n) is 6.74. The van der Waals surface area contributed by atoms with Gasteiger partial charge in [-0.15, -0.1) is 0 Å². The van der Waals surface area contributed by atoms with Crippen LogP contribution in [0.2, 0.25) is 0 Å². The molecule has 0 aliphatic rings. The molecule has 0 heterocycles. The predicted molar refractivity (Wildman–Crippen MR) is 86.8 cm³/mol. The van der Waals surface area contributed by atoms with Gasteiger partial charge in [-0.25, -0.2) is 8.78 Å². The average Bonchev–Trinajstić information content (AvgIpc) is 2.51. The number of carbonyl (C=O) groups is 1. The molecule has 0 aliphatic heterocycles. The molecule has 0 aliphatic carbocycles. The van der Waals surface area contributed by atoms with Crippen molar-refractivity contribution in [2.24, 2.45) is 10.9 Å². The van der Waals surface area contributed by atoms with Crippen LogP contribution in [-0.2, 0) is 14.4 Å². The molecule has 0 radical (unpaired) electrons. The summed E-state index contributed by atoms with van der Waals surface area (Å²) >= 11 is 0. The van der Waals surface area contributed by atoms with Crippen molar-refractivity contribution in [3.63, 3.8) is 0 Å². The zero-order chi connectivity index (χ0) is 18.6. The molecule has 25 heavy (non-hydrogen) atoms. The molecule has 0 atom stereocenters. The van der Waals surface area contributed by atoms with Gasteiger partial charge in [-0.1, -0.05) is 12.1 Å². The molecule has 132 valence electrons. The highest BCUT2D eigenvalue weighted by Gasteiger charge is 2.11. The number of nitrogens with zero attached hydrogens (tertiary/aromatic N) is 1. The zero-order valence-corrected chi connectivity index (χ0v) is 13.7. The number of guanidine groups is 1. The average molecular weight is 369 g/mol. The molecule has 2 aromatic carbocycles. The van der Waals surface area contributed by atoms with E-state index in [1.807, 2.05) is 0 Å². The minimum absolute atomic E-state index is 0.111. The van der Waals surface area contributed by atoms with E-state index in [-0.39, 0.29) is 11.1 Å². The third kappa shape index (κ3) is 5.53. The van der Waals surface area contributed by atoms with E-state index in [1.165, 1.54) is 18.2 Å². The summed E-state index contributed by atoms with van der Waals surface area (Å²) in [5.74, 6) is -2.78. The van der Waals surface area contributed by atoms with Crippen molar-refractivity contribution in [2.45, 2.75) is 0 Å². The number of halogens is 2. The molecular weight excluding hydrogens is 356 g/mol. The van der Waals surface area contributed by atoms with E-state index in [2.05, 4.69) is 14.8 Å². The maximum absolute atomic E-state index is 13.3. The van der Waals surface area contributed by atoms with Crippen LogP contribution in [0, 0.1) is 11.6 Å². The number of hydrogen-bond donors (Lipinski definition) is 2. The highest BCUT2D eigenvalue weighted by molar-refractivity contribution is 7.85. The van der Waals surface area contributed by atoms with Gasteiger partial charge in [0.1, 0.15) is 11.6 Å². The van der Waals surface area contributed by atoms with E-state index in [0.29, 0.717) is 5.56 Å². The van der Waals surface area contributed by atoms with Crippen LogP contribution in [0.5, 0.6) is 0 Å². The molecule has 7 nitrogen and oxygen atoms in total. The highest BCUT2D eigenvalue weighted by Crippen LogP contribution is 2.22. The summed E-state index contributed by atoms with van der Waals surface area (Å²) in [6, 6.07) is 8.86. The first-order valence-corrected chi connectivity index (χ1v) is 8.56. The largest absolute Gasteiger partial charge is 0.367 e. The van der Waals surface area contributed by atoms with Crippen molar-refractivity contribution in [1.82, 2.24) is 5.32 Å². The van der Waals surface area contributed by atoms with Crippen molar-refractivity contribution in [2.75, 3.05) is 6.26 Å². The Kier molecular flexibility index (Phi) is 5.32. The van der Waals surface area contributed by atoms with Crippen molar-refractivity contribution >= 4 is 22.0 Å². The molecule has 0 bridgehead atoms. The fraction of sp³-hybridized carbons (Fsp3) is 0.0667. The standard InChI is InChI=1S/C15H13F2N3O4S/c1-25(22,23)24-20-15(18)19-14(21)10-4-2-3-9(5-10)11-6-12(16)8-13(17)7-11/h2-8H,1H3,(H3,18,19,20,21). The summed E-state index contributed by atoms with van der Waals surface area (Å²) < 4.78 is 52.3. The number of carbonyl (C=O) groups excluding carboxylic acids is 1. The molecular formula is C15H13F2N3O4S. The molecule has 0 saturated heterocycles. The SMILES string of the molecule is CS(=O)(=O)ON=C(N)NC(=O)c1cccc(-c2cc(F)cc(F)c2)c1. The molecule has 2 aromatic rings. The maximum Gasteiger partial charge on any atom is 0.325 e. The van der Waals surface area contributed by atoms with Gasteiger partial charge in [0.2, 0.25) is 5.96 Å². The predicted octanol–water partition coefficient (Wildman–Crippen LogP) is 1.57. The lowest BCUT2D eigenvalue weighted by Gasteiger charge is -2.07. The van der Waals surface area contributed by atoms with Crippen LogP contribution in [0.25, 0.3) is 11.1 Å². The summed E-state index contributed by atoms with van der Waals surface area (Å²) in [4.78, 5) is 12.1. The Morgan fingerprint density at radius 2 is 1.76 bits per heavy atom. The van der Waals surface area contributed by atoms with Crippen LogP contribution in [0.15, 0.2) is 47.6 Å². The summed E-state index contributed by atoms with van der Waals surface area (Å²) in [5, 5.41) is 5.16. The Hall–Kier alpha value is -3.01. The summed E-state index contributed by atoms with van der Waals surface area (Å²) in [7, 11) is -3.86. The third-order valence-corrected chi connectivity index (χ3v) is 3.18. The van der Waals surface area contributed by atoms with E-state index >= 15 is 0 Å². The summed E-state index contributed by atoms with van der Waals surface area (Å²) in [6.45, 7) is 0. The van der Waals surface area contributed by atoms with Crippen molar-refractivity contribution in [3.8, 4) is 11.1 Å². The lowest BCUT2D eigenvalue weighted by atomic mass is 10.0. The molecule has 1 amide bonds. The first kappa shape index (κ1) is 18.3. The lowest BCUT2D eigenvalue weighted by Crippen LogP contribution is -2.37. The number of benzene rings is 2. The maximum atomic E-state index is 13.3. The second-order valence-corrected chi connectivity index (χ2v) is 6.51. The Labute approximate surface area is 142 Å². The van der Waals surface area contributed by atoms with Gasteiger partial charge in [0.25, 0.3) is 5.91 Å². The minimum Gasteiger partial charge on any atom is -0.367 e. The van der Waals surface area contributed by atoms with E-state index in [0.717, 1.165) is 24.5 Å². The van der Waals surface area contributed by atoms with Crippen LogP contribution in [0.3, 0.4) is 0 Å².